The van der Waals surface area contributed by atoms with E-state index in [1.807, 2.05) is 26.2 Å². The van der Waals surface area contributed by atoms with Crippen molar-refractivity contribution >= 4 is 16.8 Å². The highest BCUT2D eigenvalue weighted by Gasteiger charge is 2.09. The average molecular weight is 318 g/mol. The number of carbonyl (C=O) groups is 1. The Morgan fingerprint density at radius 1 is 1.30 bits per heavy atom. The lowest BCUT2D eigenvalue weighted by molar-refractivity contribution is 0.101. The Labute approximate surface area is 135 Å². The number of rotatable bonds is 7. The Hall–Kier alpha value is -2.34. The molecular weight excluding hydrogens is 296 g/mol. The van der Waals surface area contributed by atoms with E-state index in [2.05, 4.69) is 10.1 Å². The molecule has 0 aliphatic heterocycles. The van der Waals surface area contributed by atoms with Crippen LogP contribution in [0, 0.1) is 0 Å². The number of unbranched alkanes of at least 4 members (excludes halogenated alkanes) is 1. The minimum absolute atomic E-state index is 0.0897. The summed E-state index contributed by atoms with van der Waals surface area (Å²) < 4.78 is 11.2. The van der Waals surface area contributed by atoms with Crippen LogP contribution in [0.15, 0.2) is 33.8 Å². The predicted octanol–water partition coefficient (Wildman–Crippen LogP) is 2.65. The second-order valence-electron chi connectivity index (χ2n) is 5.68. The third-order valence-corrected chi connectivity index (χ3v) is 3.46. The first kappa shape index (κ1) is 17.0. The number of ketones is 1. The quantitative estimate of drug-likeness (QED) is 0.368. The van der Waals surface area contributed by atoms with Crippen LogP contribution in [0.2, 0.25) is 0 Å². The highest BCUT2D eigenvalue weighted by Crippen LogP contribution is 2.21. The number of Topliss-reactive ketones (excluding diaryl/α,β-unsaturated/α-hetero) is 1. The number of hydrogen-bond donors (Lipinski definition) is 1. The molecule has 0 unspecified atom stereocenters. The zero-order chi connectivity index (χ0) is 16.8. The van der Waals surface area contributed by atoms with E-state index in [-0.39, 0.29) is 16.9 Å². The molecule has 0 bridgehead atoms. The van der Waals surface area contributed by atoms with Gasteiger partial charge in [0.15, 0.2) is 5.78 Å². The summed E-state index contributed by atoms with van der Waals surface area (Å²) >= 11 is 0. The summed E-state index contributed by atoms with van der Waals surface area (Å²) in [4.78, 5) is 13.7. The van der Waals surface area contributed by atoms with Gasteiger partial charge in [-0.2, -0.15) is 0 Å². The van der Waals surface area contributed by atoms with Crippen LogP contribution in [-0.4, -0.2) is 43.1 Å². The lowest BCUT2D eigenvalue weighted by Crippen LogP contribution is -2.14. The molecule has 2 aromatic rings. The van der Waals surface area contributed by atoms with Crippen molar-refractivity contribution in [2.24, 2.45) is 5.16 Å². The highest BCUT2D eigenvalue weighted by molar-refractivity contribution is 5.96. The van der Waals surface area contributed by atoms with Gasteiger partial charge >= 0.3 is 0 Å². The zero-order valence-corrected chi connectivity index (χ0v) is 13.7. The fourth-order valence-corrected chi connectivity index (χ4v) is 2.24. The molecule has 1 aromatic carbocycles. The first-order valence-corrected chi connectivity index (χ1v) is 7.55. The maximum absolute atomic E-state index is 11.5. The fourth-order valence-electron chi connectivity index (χ4n) is 2.24. The molecule has 1 heterocycles. The van der Waals surface area contributed by atoms with Crippen molar-refractivity contribution in [2.45, 2.75) is 19.8 Å². The number of ether oxygens (including phenoxy) is 1. The minimum Gasteiger partial charge on any atom is -0.493 e. The Morgan fingerprint density at radius 2 is 2.09 bits per heavy atom. The third kappa shape index (κ3) is 4.56. The van der Waals surface area contributed by atoms with Gasteiger partial charge in [0, 0.05) is 11.5 Å². The monoisotopic (exact) mass is 318 g/mol. The minimum atomic E-state index is -0.218. The number of carbonyl (C=O) groups excluding carboxylic acids is 1. The molecule has 0 saturated heterocycles. The second-order valence-corrected chi connectivity index (χ2v) is 5.68. The van der Waals surface area contributed by atoms with Gasteiger partial charge in [-0.1, -0.05) is 0 Å². The molecule has 0 fully saturated rings. The van der Waals surface area contributed by atoms with Crippen molar-refractivity contribution in [1.82, 2.24) is 4.90 Å². The Balaban J connectivity index is 2.13. The van der Waals surface area contributed by atoms with Crippen molar-refractivity contribution in [1.29, 1.82) is 0 Å². The van der Waals surface area contributed by atoms with Gasteiger partial charge in [-0.25, -0.2) is 0 Å². The predicted molar refractivity (Wildman–Crippen MR) is 86.9 cm³/mol. The van der Waals surface area contributed by atoms with E-state index in [1.54, 1.807) is 12.1 Å². The maximum Gasteiger partial charge on any atom is 0.266 e. The van der Waals surface area contributed by atoms with E-state index in [9.17, 15) is 4.79 Å². The number of nitrogens with zero attached hydrogens (tertiary/aromatic N) is 2. The second kappa shape index (κ2) is 7.78. The topological polar surface area (TPSA) is 75.3 Å². The van der Waals surface area contributed by atoms with Crippen LogP contribution in [0.3, 0.4) is 0 Å². The molecule has 6 nitrogen and oxygen atoms in total. The van der Waals surface area contributed by atoms with Crippen LogP contribution < -0.4 is 10.3 Å². The standard InChI is InChI=1S/C17H22N2O4/c1-12(20)15-10-13-6-7-14(11-16(13)23-17(15)18-21)22-9-5-4-8-19(2)3/h6-7,10-11,21H,4-5,8-9H2,1-3H3. The first-order chi connectivity index (χ1) is 11.0. The molecular formula is C17H22N2O4. The molecule has 0 aliphatic rings. The summed E-state index contributed by atoms with van der Waals surface area (Å²) in [7, 11) is 4.09. The van der Waals surface area contributed by atoms with Gasteiger partial charge in [0.25, 0.3) is 5.55 Å². The van der Waals surface area contributed by atoms with Gasteiger partial charge in [0.2, 0.25) is 0 Å². The highest BCUT2D eigenvalue weighted by atomic mass is 16.5. The molecule has 0 amide bonds. The van der Waals surface area contributed by atoms with Crippen molar-refractivity contribution in [3.63, 3.8) is 0 Å². The van der Waals surface area contributed by atoms with E-state index in [4.69, 9.17) is 14.4 Å². The van der Waals surface area contributed by atoms with Gasteiger partial charge in [-0.15, -0.1) is 0 Å². The van der Waals surface area contributed by atoms with E-state index in [0.717, 1.165) is 24.8 Å². The lowest BCUT2D eigenvalue weighted by atomic mass is 10.1. The summed E-state index contributed by atoms with van der Waals surface area (Å²) in [5.74, 6) is 0.468. The third-order valence-electron chi connectivity index (χ3n) is 3.46. The van der Waals surface area contributed by atoms with Crippen molar-refractivity contribution in [3.8, 4) is 5.75 Å². The van der Waals surface area contributed by atoms with E-state index >= 15 is 0 Å². The summed E-state index contributed by atoms with van der Waals surface area (Å²) in [6, 6.07) is 7.04. The van der Waals surface area contributed by atoms with E-state index in [1.165, 1.54) is 6.92 Å². The fraction of sp³-hybridized carbons (Fsp3) is 0.412. The van der Waals surface area contributed by atoms with Gasteiger partial charge in [0.1, 0.15) is 11.3 Å². The summed E-state index contributed by atoms with van der Waals surface area (Å²) in [6.07, 6.45) is 2.04. The Morgan fingerprint density at radius 3 is 2.74 bits per heavy atom. The van der Waals surface area contributed by atoms with Crippen LogP contribution in [0.25, 0.3) is 11.0 Å². The molecule has 0 saturated carbocycles. The molecule has 2 rings (SSSR count). The summed E-state index contributed by atoms with van der Waals surface area (Å²) in [6.45, 7) is 3.06. The molecule has 0 aliphatic carbocycles. The zero-order valence-electron chi connectivity index (χ0n) is 13.7. The van der Waals surface area contributed by atoms with Gasteiger partial charge in [0.05, 0.1) is 12.2 Å². The van der Waals surface area contributed by atoms with Crippen LogP contribution in [-0.2, 0) is 0 Å². The molecule has 124 valence electrons. The Kier molecular flexibility index (Phi) is 5.76. The van der Waals surface area contributed by atoms with E-state index < -0.39 is 0 Å². The van der Waals surface area contributed by atoms with Gasteiger partial charge in [-0.05, 0) is 63.8 Å². The van der Waals surface area contributed by atoms with Crippen molar-refractivity contribution in [2.75, 3.05) is 27.2 Å². The average Bonchev–Trinajstić information content (AvgIpc) is 2.52. The number of fused-ring (bicyclic) bond motifs is 1. The maximum atomic E-state index is 11.5. The lowest BCUT2D eigenvalue weighted by Gasteiger charge is -2.10. The van der Waals surface area contributed by atoms with Crippen molar-refractivity contribution < 1.29 is 19.2 Å². The molecule has 6 heteroatoms. The van der Waals surface area contributed by atoms with Crippen LogP contribution >= 0.6 is 0 Å². The van der Waals surface area contributed by atoms with Gasteiger partial charge in [-0.3, -0.25) is 4.79 Å². The largest absolute Gasteiger partial charge is 0.493 e. The molecule has 1 N–H and O–H groups in total. The van der Waals surface area contributed by atoms with Crippen LogP contribution in [0.1, 0.15) is 30.1 Å². The number of benzene rings is 1. The van der Waals surface area contributed by atoms with Crippen molar-refractivity contribution in [3.05, 3.63) is 35.4 Å². The van der Waals surface area contributed by atoms with Crippen LogP contribution in [0.4, 0.5) is 0 Å². The SMILES string of the molecule is CC(=O)c1cc2ccc(OCCCCN(C)C)cc2oc1=NO. The first-order valence-electron chi connectivity index (χ1n) is 7.55. The molecule has 1 aromatic heterocycles. The smallest absolute Gasteiger partial charge is 0.266 e. The molecule has 0 atom stereocenters. The van der Waals surface area contributed by atoms with Crippen LogP contribution in [0.5, 0.6) is 5.75 Å². The number of hydrogen-bond acceptors (Lipinski definition) is 6. The molecule has 0 spiro atoms. The van der Waals surface area contributed by atoms with Gasteiger partial charge < -0.3 is 19.3 Å². The Bertz CT molecular complexity index is 750. The summed E-state index contributed by atoms with van der Waals surface area (Å²) in [5.41, 5.74) is 0.666. The normalized spacial score (nSPS) is 12.1. The summed E-state index contributed by atoms with van der Waals surface area (Å²) in [5, 5.41) is 12.8. The van der Waals surface area contributed by atoms with E-state index in [0.29, 0.717) is 17.9 Å². The molecule has 0 radical (unpaired) electrons. The molecule has 23 heavy (non-hydrogen) atoms.